The molecule has 3 aromatic rings. The topological polar surface area (TPSA) is 64.6 Å². The average Bonchev–Trinajstić information content (AvgIpc) is 2.73. The van der Waals surface area contributed by atoms with Gasteiger partial charge >= 0.3 is 5.97 Å². The lowest BCUT2D eigenvalue weighted by molar-refractivity contribution is -0.125. The van der Waals surface area contributed by atoms with Crippen molar-refractivity contribution in [3.05, 3.63) is 95.3 Å². The third kappa shape index (κ3) is 4.99. The van der Waals surface area contributed by atoms with Gasteiger partial charge in [0.1, 0.15) is 11.6 Å². The van der Waals surface area contributed by atoms with Crippen LogP contribution in [0.4, 0.5) is 10.1 Å². The maximum absolute atomic E-state index is 13.1. The minimum atomic E-state index is -1.20. The zero-order chi connectivity index (χ0) is 20.8. The lowest BCUT2D eigenvalue weighted by Gasteiger charge is -2.19. The molecule has 6 heteroatoms. The molecule has 0 aromatic heterocycles. The molecule has 0 saturated carbocycles. The zero-order valence-corrected chi connectivity index (χ0v) is 16.0. The highest BCUT2D eigenvalue weighted by Crippen LogP contribution is 2.28. The van der Waals surface area contributed by atoms with Crippen molar-refractivity contribution in [1.29, 1.82) is 0 Å². The van der Waals surface area contributed by atoms with Crippen LogP contribution in [0.3, 0.4) is 0 Å². The molecule has 0 bridgehead atoms. The Labute approximate surface area is 168 Å². The van der Waals surface area contributed by atoms with E-state index in [1.54, 1.807) is 42.5 Å². The normalized spacial score (nSPS) is 11.4. The van der Waals surface area contributed by atoms with Crippen molar-refractivity contribution in [2.75, 3.05) is 12.4 Å². The summed E-state index contributed by atoms with van der Waals surface area (Å²) < 4.78 is 23.9. The van der Waals surface area contributed by atoms with E-state index in [9.17, 15) is 14.0 Å². The minimum absolute atomic E-state index is 0.147. The number of amides is 1. The summed E-state index contributed by atoms with van der Waals surface area (Å²) in [5.74, 6) is -1.24. The third-order valence-electron chi connectivity index (χ3n) is 4.26. The molecule has 0 saturated heterocycles. The molecule has 3 aromatic carbocycles. The number of carbonyl (C=O) groups is 2. The Bertz CT molecular complexity index is 1000. The SMILES string of the molecule is COc1ccc(C)cc1NC(=O)C(OC(=O)c1ccc(F)cc1)c1ccccc1. The van der Waals surface area contributed by atoms with E-state index in [1.807, 2.05) is 13.0 Å². The number of carbonyl (C=O) groups excluding carboxylic acids is 2. The van der Waals surface area contributed by atoms with Gasteiger partial charge in [-0.3, -0.25) is 4.79 Å². The van der Waals surface area contributed by atoms with E-state index in [4.69, 9.17) is 9.47 Å². The number of esters is 1. The summed E-state index contributed by atoms with van der Waals surface area (Å²) in [4.78, 5) is 25.5. The Hall–Kier alpha value is -3.67. The number of hydrogen-bond acceptors (Lipinski definition) is 4. The molecule has 1 N–H and O–H groups in total. The Morgan fingerprint density at radius 3 is 2.31 bits per heavy atom. The number of halogens is 1. The second-order valence-electron chi connectivity index (χ2n) is 6.40. The van der Waals surface area contributed by atoms with Gasteiger partial charge in [0.05, 0.1) is 18.4 Å². The highest BCUT2D eigenvalue weighted by molar-refractivity contribution is 5.99. The van der Waals surface area contributed by atoms with Gasteiger partial charge in [-0.2, -0.15) is 0 Å². The van der Waals surface area contributed by atoms with Crippen LogP contribution >= 0.6 is 0 Å². The molecule has 1 atom stereocenters. The Kier molecular flexibility index (Phi) is 6.24. The smallest absolute Gasteiger partial charge is 0.339 e. The molecule has 3 rings (SSSR count). The van der Waals surface area contributed by atoms with Crippen LogP contribution in [0.2, 0.25) is 0 Å². The van der Waals surface area contributed by atoms with Crippen LogP contribution in [-0.2, 0) is 9.53 Å². The molecule has 0 spiro atoms. The van der Waals surface area contributed by atoms with Gasteiger partial charge in [0.25, 0.3) is 5.91 Å². The molecule has 0 aliphatic carbocycles. The monoisotopic (exact) mass is 393 g/mol. The largest absolute Gasteiger partial charge is 0.495 e. The Morgan fingerprint density at radius 1 is 0.966 bits per heavy atom. The molecule has 1 amide bonds. The summed E-state index contributed by atoms with van der Waals surface area (Å²) in [6.45, 7) is 1.89. The molecular formula is C23H20FNO4. The van der Waals surface area contributed by atoms with E-state index in [2.05, 4.69) is 5.32 Å². The first-order chi connectivity index (χ1) is 14.0. The molecule has 29 heavy (non-hydrogen) atoms. The van der Waals surface area contributed by atoms with E-state index in [0.29, 0.717) is 17.0 Å². The fourth-order valence-corrected chi connectivity index (χ4v) is 2.78. The zero-order valence-electron chi connectivity index (χ0n) is 16.0. The summed E-state index contributed by atoms with van der Waals surface area (Å²) >= 11 is 0. The molecule has 1 unspecified atom stereocenters. The van der Waals surface area contributed by atoms with Crippen LogP contribution in [0.5, 0.6) is 5.75 Å². The predicted molar refractivity (Wildman–Crippen MR) is 107 cm³/mol. The molecular weight excluding hydrogens is 373 g/mol. The Balaban J connectivity index is 1.88. The third-order valence-corrected chi connectivity index (χ3v) is 4.26. The summed E-state index contributed by atoms with van der Waals surface area (Å²) in [6.07, 6.45) is -1.20. The fourth-order valence-electron chi connectivity index (χ4n) is 2.78. The van der Waals surface area contributed by atoms with Crippen molar-refractivity contribution in [2.45, 2.75) is 13.0 Å². The van der Waals surface area contributed by atoms with E-state index in [-0.39, 0.29) is 5.56 Å². The van der Waals surface area contributed by atoms with Crippen molar-refractivity contribution < 1.29 is 23.5 Å². The molecule has 148 valence electrons. The number of benzene rings is 3. The Morgan fingerprint density at radius 2 is 1.66 bits per heavy atom. The quantitative estimate of drug-likeness (QED) is 0.618. The average molecular weight is 393 g/mol. The van der Waals surface area contributed by atoms with Crippen LogP contribution in [0.15, 0.2) is 72.8 Å². The molecule has 0 heterocycles. The van der Waals surface area contributed by atoms with Crippen molar-refractivity contribution >= 4 is 17.6 Å². The van der Waals surface area contributed by atoms with E-state index in [1.165, 1.54) is 19.2 Å². The lowest BCUT2D eigenvalue weighted by atomic mass is 10.1. The maximum Gasteiger partial charge on any atom is 0.339 e. The standard InChI is InChI=1S/C23H20FNO4/c1-15-8-13-20(28-2)19(14-15)25-22(26)21(16-6-4-3-5-7-16)29-23(27)17-9-11-18(24)12-10-17/h3-14,21H,1-2H3,(H,25,26). The van der Waals surface area contributed by atoms with Gasteiger partial charge < -0.3 is 14.8 Å². The van der Waals surface area contributed by atoms with Crippen LogP contribution in [0.1, 0.15) is 27.6 Å². The summed E-state index contributed by atoms with van der Waals surface area (Å²) in [6, 6.07) is 19.0. The predicted octanol–water partition coefficient (Wildman–Crippen LogP) is 4.68. The van der Waals surface area contributed by atoms with Crippen LogP contribution in [-0.4, -0.2) is 19.0 Å². The van der Waals surface area contributed by atoms with Crippen LogP contribution in [0, 0.1) is 12.7 Å². The van der Waals surface area contributed by atoms with Crippen molar-refractivity contribution in [2.24, 2.45) is 0 Å². The highest BCUT2D eigenvalue weighted by Gasteiger charge is 2.26. The maximum atomic E-state index is 13.1. The number of hydrogen-bond donors (Lipinski definition) is 1. The molecule has 0 fully saturated rings. The molecule has 0 aliphatic rings. The van der Waals surface area contributed by atoms with Crippen LogP contribution < -0.4 is 10.1 Å². The van der Waals surface area contributed by atoms with E-state index >= 15 is 0 Å². The first kappa shape index (κ1) is 20.1. The van der Waals surface area contributed by atoms with Gasteiger partial charge in [0.2, 0.25) is 6.10 Å². The van der Waals surface area contributed by atoms with Gasteiger partial charge in [-0.25, -0.2) is 9.18 Å². The number of rotatable bonds is 6. The van der Waals surface area contributed by atoms with E-state index < -0.39 is 23.8 Å². The van der Waals surface area contributed by atoms with Gasteiger partial charge in [0.15, 0.2) is 0 Å². The van der Waals surface area contributed by atoms with Crippen molar-refractivity contribution in [3.8, 4) is 5.75 Å². The van der Waals surface area contributed by atoms with Crippen LogP contribution in [0.25, 0.3) is 0 Å². The van der Waals surface area contributed by atoms with Crippen molar-refractivity contribution in [3.63, 3.8) is 0 Å². The second-order valence-corrected chi connectivity index (χ2v) is 6.40. The first-order valence-corrected chi connectivity index (χ1v) is 8.95. The van der Waals surface area contributed by atoms with Gasteiger partial charge in [0, 0.05) is 5.56 Å². The second kappa shape index (κ2) is 9.01. The summed E-state index contributed by atoms with van der Waals surface area (Å²) in [5, 5.41) is 2.77. The molecule has 0 radical (unpaired) electrons. The number of aryl methyl sites for hydroxylation is 1. The van der Waals surface area contributed by atoms with Gasteiger partial charge in [-0.05, 0) is 48.9 Å². The number of anilines is 1. The van der Waals surface area contributed by atoms with Gasteiger partial charge in [-0.15, -0.1) is 0 Å². The highest BCUT2D eigenvalue weighted by atomic mass is 19.1. The first-order valence-electron chi connectivity index (χ1n) is 8.95. The lowest BCUT2D eigenvalue weighted by Crippen LogP contribution is -2.26. The molecule has 5 nitrogen and oxygen atoms in total. The number of ether oxygens (including phenoxy) is 2. The van der Waals surface area contributed by atoms with Gasteiger partial charge in [-0.1, -0.05) is 36.4 Å². The minimum Gasteiger partial charge on any atom is -0.495 e. The van der Waals surface area contributed by atoms with E-state index in [0.717, 1.165) is 17.7 Å². The number of methoxy groups -OCH3 is 1. The van der Waals surface area contributed by atoms with Crippen molar-refractivity contribution in [1.82, 2.24) is 0 Å². The fraction of sp³-hybridized carbons (Fsp3) is 0.130. The molecule has 0 aliphatic heterocycles. The number of nitrogens with one attached hydrogen (secondary N) is 1. The summed E-state index contributed by atoms with van der Waals surface area (Å²) in [7, 11) is 1.50. The summed E-state index contributed by atoms with van der Waals surface area (Å²) in [5.41, 5.74) is 2.05.